The molecule has 0 aromatic carbocycles. The van der Waals surface area contributed by atoms with Crippen LogP contribution < -0.4 is 5.32 Å². The van der Waals surface area contributed by atoms with Crippen molar-refractivity contribution in [2.24, 2.45) is 0 Å². The molecule has 2 aromatic heterocycles. The Morgan fingerprint density at radius 3 is 2.53 bits per heavy atom. The minimum Gasteiger partial charge on any atom is -0.477 e. The molecular formula is C11H8N2O3S. The molecule has 2 aromatic rings. The fraction of sp³-hybridized carbons (Fsp3) is 0. The summed E-state index contributed by atoms with van der Waals surface area (Å²) >= 11 is 0.929. The summed E-state index contributed by atoms with van der Waals surface area (Å²) in [7, 11) is 0. The van der Waals surface area contributed by atoms with Crippen molar-refractivity contribution >= 4 is 29.0 Å². The third-order valence-electron chi connectivity index (χ3n) is 1.95. The van der Waals surface area contributed by atoms with Crippen molar-refractivity contribution in [3.63, 3.8) is 0 Å². The molecule has 0 bridgehead atoms. The van der Waals surface area contributed by atoms with Gasteiger partial charge in [0.1, 0.15) is 10.7 Å². The van der Waals surface area contributed by atoms with Gasteiger partial charge in [-0.05, 0) is 24.3 Å². The SMILES string of the molecule is O=C(O)c1ccc(C(=O)Nc2ccccn2)s1. The summed E-state index contributed by atoms with van der Waals surface area (Å²) in [6, 6.07) is 8.03. The van der Waals surface area contributed by atoms with Crippen LogP contribution in [0, 0.1) is 0 Å². The molecule has 0 unspecified atom stereocenters. The number of carboxylic acid groups (broad SMARTS) is 1. The van der Waals surface area contributed by atoms with Crippen LogP contribution in [0.5, 0.6) is 0 Å². The van der Waals surface area contributed by atoms with Gasteiger partial charge in [-0.1, -0.05) is 6.07 Å². The highest BCUT2D eigenvalue weighted by molar-refractivity contribution is 7.15. The number of aromatic carboxylic acids is 1. The van der Waals surface area contributed by atoms with Gasteiger partial charge >= 0.3 is 5.97 Å². The lowest BCUT2D eigenvalue weighted by atomic mass is 10.4. The second-order valence-electron chi connectivity index (χ2n) is 3.14. The Bertz CT molecular complexity index is 551. The zero-order chi connectivity index (χ0) is 12.3. The predicted molar refractivity (Wildman–Crippen MR) is 63.5 cm³/mol. The highest BCUT2D eigenvalue weighted by Gasteiger charge is 2.13. The molecule has 86 valence electrons. The van der Waals surface area contributed by atoms with Crippen molar-refractivity contribution in [3.05, 3.63) is 46.3 Å². The van der Waals surface area contributed by atoms with Crippen molar-refractivity contribution in [1.29, 1.82) is 0 Å². The van der Waals surface area contributed by atoms with Crippen LogP contribution in [-0.4, -0.2) is 22.0 Å². The van der Waals surface area contributed by atoms with Crippen molar-refractivity contribution in [1.82, 2.24) is 4.98 Å². The van der Waals surface area contributed by atoms with E-state index in [4.69, 9.17) is 5.11 Å². The molecule has 5 nitrogen and oxygen atoms in total. The maximum absolute atomic E-state index is 11.7. The highest BCUT2D eigenvalue weighted by Crippen LogP contribution is 2.17. The molecule has 0 radical (unpaired) electrons. The molecule has 2 heterocycles. The van der Waals surface area contributed by atoms with Crippen LogP contribution in [0.4, 0.5) is 5.82 Å². The molecule has 2 rings (SSSR count). The first kappa shape index (κ1) is 11.3. The Balaban J connectivity index is 2.12. The number of aromatic nitrogens is 1. The van der Waals surface area contributed by atoms with Crippen LogP contribution >= 0.6 is 11.3 Å². The Morgan fingerprint density at radius 1 is 1.18 bits per heavy atom. The number of thiophene rings is 1. The van der Waals surface area contributed by atoms with Gasteiger partial charge in [0, 0.05) is 6.20 Å². The second kappa shape index (κ2) is 4.75. The number of rotatable bonds is 3. The molecule has 0 atom stereocenters. The van der Waals surface area contributed by atoms with Crippen molar-refractivity contribution in [2.75, 3.05) is 5.32 Å². The normalized spacial score (nSPS) is 9.88. The molecule has 6 heteroatoms. The first-order chi connectivity index (χ1) is 8.16. The van der Waals surface area contributed by atoms with Crippen LogP contribution in [-0.2, 0) is 0 Å². The number of pyridine rings is 1. The summed E-state index contributed by atoms with van der Waals surface area (Å²) in [5, 5.41) is 11.3. The maximum Gasteiger partial charge on any atom is 0.345 e. The van der Waals surface area contributed by atoms with Crippen LogP contribution in [0.15, 0.2) is 36.5 Å². The van der Waals surface area contributed by atoms with E-state index < -0.39 is 5.97 Å². The number of amides is 1. The van der Waals surface area contributed by atoms with Gasteiger partial charge in [0.15, 0.2) is 0 Å². The molecule has 0 aliphatic rings. The van der Waals surface area contributed by atoms with E-state index in [1.807, 2.05) is 0 Å². The molecule has 0 saturated heterocycles. The Hall–Kier alpha value is -2.21. The second-order valence-corrected chi connectivity index (χ2v) is 4.22. The van der Waals surface area contributed by atoms with E-state index in [-0.39, 0.29) is 10.8 Å². The van der Waals surface area contributed by atoms with Crippen molar-refractivity contribution in [3.8, 4) is 0 Å². The van der Waals surface area contributed by atoms with Crippen molar-refractivity contribution in [2.45, 2.75) is 0 Å². The summed E-state index contributed by atoms with van der Waals surface area (Å²) < 4.78 is 0. The van der Waals surface area contributed by atoms with Gasteiger partial charge in [-0.3, -0.25) is 4.79 Å². The summed E-state index contributed by atoms with van der Waals surface area (Å²) in [4.78, 5) is 26.8. The fourth-order valence-electron chi connectivity index (χ4n) is 1.19. The predicted octanol–water partition coefficient (Wildman–Crippen LogP) is 2.09. The highest BCUT2D eigenvalue weighted by atomic mass is 32.1. The van der Waals surface area contributed by atoms with E-state index in [0.717, 1.165) is 11.3 Å². The molecule has 2 N–H and O–H groups in total. The number of nitrogens with zero attached hydrogens (tertiary/aromatic N) is 1. The first-order valence-electron chi connectivity index (χ1n) is 4.72. The zero-order valence-corrected chi connectivity index (χ0v) is 9.40. The molecule has 0 saturated carbocycles. The van der Waals surface area contributed by atoms with E-state index in [2.05, 4.69) is 10.3 Å². The van der Waals surface area contributed by atoms with Gasteiger partial charge in [-0.15, -0.1) is 11.3 Å². The number of hydrogen-bond acceptors (Lipinski definition) is 4. The van der Waals surface area contributed by atoms with Gasteiger partial charge in [0.2, 0.25) is 0 Å². The number of carbonyl (C=O) groups is 2. The van der Waals surface area contributed by atoms with Gasteiger partial charge in [-0.2, -0.15) is 0 Å². The maximum atomic E-state index is 11.7. The minimum atomic E-state index is -1.04. The number of anilines is 1. The van der Waals surface area contributed by atoms with Crippen LogP contribution in [0.2, 0.25) is 0 Å². The third-order valence-corrected chi connectivity index (χ3v) is 3.02. The lowest BCUT2D eigenvalue weighted by molar-refractivity contribution is 0.0702. The van der Waals surface area contributed by atoms with Gasteiger partial charge in [0.25, 0.3) is 5.91 Å². The average molecular weight is 248 g/mol. The van der Waals surface area contributed by atoms with Crippen LogP contribution in [0.1, 0.15) is 19.3 Å². The molecule has 0 aliphatic carbocycles. The molecule has 1 amide bonds. The summed E-state index contributed by atoms with van der Waals surface area (Å²) in [5.41, 5.74) is 0. The molecular weight excluding hydrogens is 240 g/mol. The van der Waals surface area contributed by atoms with Crippen LogP contribution in [0.3, 0.4) is 0 Å². The van der Waals surface area contributed by atoms with Gasteiger partial charge < -0.3 is 10.4 Å². The lowest BCUT2D eigenvalue weighted by Gasteiger charge is -2.00. The van der Waals surface area contributed by atoms with E-state index in [1.165, 1.54) is 12.1 Å². The molecule has 0 spiro atoms. The van der Waals surface area contributed by atoms with E-state index in [9.17, 15) is 9.59 Å². The quantitative estimate of drug-likeness (QED) is 0.871. The molecule has 0 fully saturated rings. The van der Waals surface area contributed by atoms with E-state index in [1.54, 1.807) is 24.4 Å². The molecule has 17 heavy (non-hydrogen) atoms. The van der Waals surface area contributed by atoms with E-state index in [0.29, 0.717) is 10.7 Å². The number of nitrogens with one attached hydrogen (secondary N) is 1. The monoisotopic (exact) mass is 248 g/mol. The standard InChI is InChI=1S/C11H8N2O3S/c14-10(13-9-3-1-2-6-12-9)7-4-5-8(17-7)11(15)16/h1-6H,(H,15,16)(H,12,13,14). The van der Waals surface area contributed by atoms with Crippen molar-refractivity contribution < 1.29 is 14.7 Å². The Kier molecular flexibility index (Phi) is 3.15. The van der Waals surface area contributed by atoms with Gasteiger partial charge in [0.05, 0.1) is 4.88 Å². The zero-order valence-electron chi connectivity index (χ0n) is 8.58. The van der Waals surface area contributed by atoms with E-state index >= 15 is 0 Å². The largest absolute Gasteiger partial charge is 0.477 e. The topological polar surface area (TPSA) is 79.3 Å². The lowest BCUT2D eigenvalue weighted by Crippen LogP contribution is -2.10. The minimum absolute atomic E-state index is 0.135. The first-order valence-corrected chi connectivity index (χ1v) is 5.54. The fourth-order valence-corrected chi connectivity index (χ4v) is 1.93. The smallest absolute Gasteiger partial charge is 0.345 e. The van der Waals surface area contributed by atoms with Gasteiger partial charge in [-0.25, -0.2) is 9.78 Å². The summed E-state index contributed by atoms with van der Waals surface area (Å²) in [6.45, 7) is 0. The number of carboxylic acids is 1. The summed E-state index contributed by atoms with van der Waals surface area (Å²) in [6.07, 6.45) is 1.56. The Labute approximate surface area is 101 Å². The van der Waals surface area contributed by atoms with Crippen LogP contribution in [0.25, 0.3) is 0 Å². The number of hydrogen-bond donors (Lipinski definition) is 2. The summed E-state index contributed by atoms with van der Waals surface area (Å²) in [5.74, 6) is -0.962. The third kappa shape index (κ3) is 2.67. The molecule has 0 aliphatic heterocycles. The average Bonchev–Trinajstić information content (AvgIpc) is 2.79. The number of carbonyl (C=O) groups excluding carboxylic acids is 1. The Morgan fingerprint density at radius 2 is 1.94 bits per heavy atom.